The molecule has 4 bridgehead atoms. The van der Waals surface area contributed by atoms with Crippen molar-refractivity contribution in [1.82, 2.24) is 14.8 Å². The summed E-state index contributed by atoms with van der Waals surface area (Å²) >= 11 is 9.61. The van der Waals surface area contributed by atoms with Gasteiger partial charge in [-0.3, -0.25) is 4.79 Å². The predicted molar refractivity (Wildman–Crippen MR) is 109 cm³/mol. The molecule has 1 heterocycles. The number of amides is 1. The zero-order valence-electron chi connectivity index (χ0n) is 15.6. The van der Waals surface area contributed by atoms with Gasteiger partial charge in [0, 0.05) is 5.69 Å². The van der Waals surface area contributed by atoms with E-state index in [1.807, 2.05) is 17.1 Å². The molecular formula is C20H22BrClN4O2. The first kappa shape index (κ1) is 18.4. The monoisotopic (exact) mass is 464 g/mol. The van der Waals surface area contributed by atoms with Crippen LogP contribution in [0.2, 0.25) is 5.02 Å². The van der Waals surface area contributed by atoms with Gasteiger partial charge in [0.05, 0.1) is 23.1 Å². The van der Waals surface area contributed by atoms with Crippen LogP contribution in [0.3, 0.4) is 0 Å². The van der Waals surface area contributed by atoms with Crippen molar-refractivity contribution in [3.8, 4) is 5.75 Å². The van der Waals surface area contributed by atoms with E-state index in [9.17, 15) is 4.79 Å². The van der Waals surface area contributed by atoms with Crippen molar-refractivity contribution in [3.63, 3.8) is 0 Å². The molecule has 6 rings (SSSR count). The van der Waals surface area contributed by atoms with Gasteiger partial charge in [0.2, 0.25) is 10.6 Å². The molecule has 0 spiro atoms. The second-order valence-corrected chi connectivity index (χ2v) is 9.84. The number of carbonyl (C=O) groups excluding carboxylic acids is 1. The van der Waals surface area contributed by atoms with Crippen molar-refractivity contribution in [2.45, 2.75) is 44.1 Å². The minimum atomic E-state index is -0.352. The van der Waals surface area contributed by atoms with E-state index in [2.05, 4.69) is 31.3 Å². The highest BCUT2D eigenvalue weighted by atomic mass is 79.9. The van der Waals surface area contributed by atoms with Crippen LogP contribution in [0.5, 0.6) is 5.75 Å². The summed E-state index contributed by atoms with van der Waals surface area (Å²) in [6.07, 6.45) is 7.94. The Bertz CT molecular complexity index is 932. The molecule has 6 nitrogen and oxygen atoms in total. The van der Waals surface area contributed by atoms with Gasteiger partial charge in [-0.1, -0.05) is 11.6 Å². The molecule has 4 fully saturated rings. The molecule has 0 aliphatic heterocycles. The number of nitrogens with zero attached hydrogens (tertiary/aromatic N) is 3. The van der Waals surface area contributed by atoms with E-state index in [4.69, 9.17) is 16.3 Å². The van der Waals surface area contributed by atoms with Crippen LogP contribution in [0.15, 0.2) is 29.3 Å². The highest BCUT2D eigenvalue weighted by Gasteiger charge is 2.61. The average Bonchev–Trinajstić information content (AvgIpc) is 3.08. The summed E-state index contributed by atoms with van der Waals surface area (Å²) in [6.45, 7) is 0. The molecule has 1 N–H and O–H groups in total. The second-order valence-electron chi connectivity index (χ2n) is 8.73. The topological polar surface area (TPSA) is 69.0 Å². The van der Waals surface area contributed by atoms with E-state index in [0.29, 0.717) is 33.0 Å². The van der Waals surface area contributed by atoms with Gasteiger partial charge in [0.25, 0.3) is 0 Å². The van der Waals surface area contributed by atoms with Crippen LogP contribution in [0.4, 0.5) is 5.69 Å². The highest BCUT2D eigenvalue weighted by molar-refractivity contribution is 9.10. The Morgan fingerprint density at radius 1 is 1.32 bits per heavy atom. The number of carbonyl (C=O) groups is 1. The maximum atomic E-state index is 13.5. The first-order valence-electron chi connectivity index (χ1n) is 9.64. The molecule has 4 aliphatic rings. The first-order valence-corrected chi connectivity index (χ1v) is 10.8. The summed E-state index contributed by atoms with van der Waals surface area (Å²) in [5, 5.41) is 8.19. The molecule has 4 atom stereocenters. The minimum absolute atomic E-state index is 0.0992. The summed E-state index contributed by atoms with van der Waals surface area (Å²) in [6, 6.07) is 5.38. The van der Waals surface area contributed by atoms with Crippen LogP contribution in [0, 0.1) is 17.3 Å². The quantitative estimate of drug-likeness (QED) is 0.714. The third kappa shape index (κ3) is 2.86. The molecular weight excluding hydrogens is 444 g/mol. The van der Waals surface area contributed by atoms with Crippen molar-refractivity contribution in [2.24, 2.45) is 17.3 Å². The Hall–Kier alpha value is -1.60. The Labute approximate surface area is 177 Å². The maximum Gasteiger partial charge on any atom is 0.230 e. The minimum Gasteiger partial charge on any atom is -0.495 e. The van der Waals surface area contributed by atoms with Gasteiger partial charge in [-0.25, -0.2) is 9.67 Å². The number of ether oxygens (including phenoxy) is 1. The van der Waals surface area contributed by atoms with Crippen LogP contribution in [-0.4, -0.2) is 27.8 Å². The van der Waals surface area contributed by atoms with Crippen LogP contribution in [-0.2, 0) is 10.3 Å². The highest BCUT2D eigenvalue weighted by Crippen LogP contribution is 2.64. The lowest BCUT2D eigenvalue weighted by Crippen LogP contribution is -2.60. The Balaban J connectivity index is 1.44. The summed E-state index contributed by atoms with van der Waals surface area (Å²) in [5.74, 6) is 1.83. The first-order chi connectivity index (χ1) is 13.4. The van der Waals surface area contributed by atoms with Crippen molar-refractivity contribution in [3.05, 3.63) is 34.3 Å². The molecule has 2 unspecified atom stereocenters. The van der Waals surface area contributed by atoms with Gasteiger partial charge in [0.1, 0.15) is 12.1 Å². The molecule has 28 heavy (non-hydrogen) atoms. The van der Waals surface area contributed by atoms with Crippen molar-refractivity contribution >= 4 is 39.1 Å². The summed E-state index contributed by atoms with van der Waals surface area (Å²) in [5.41, 5.74) is 0.261. The summed E-state index contributed by atoms with van der Waals surface area (Å²) in [4.78, 5) is 17.7. The smallest absolute Gasteiger partial charge is 0.230 e. The fraction of sp³-hybridized carbons (Fsp3) is 0.550. The molecule has 1 amide bonds. The van der Waals surface area contributed by atoms with Gasteiger partial charge in [-0.05, 0) is 84.5 Å². The summed E-state index contributed by atoms with van der Waals surface area (Å²) in [7, 11) is 1.58. The fourth-order valence-corrected chi connectivity index (χ4v) is 6.75. The zero-order chi connectivity index (χ0) is 19.5. The van der Waals surface area contributed by atoms with E-state index >= 15 is 0 Å². The zero-order valence-corrected chi connectivity index (χ0v) is 18.0. The van der Waals surface area contributed by atoms with Crippen molar-refractivity contribution < 1.29 is 9.53 Å². The molecule has 2 aromatic rings. The maximum absolute atomic E-state index is 13.5. The van der Waals surface area contributed by atoms with E-state index in [0.717, 1.165) is 32.1 Å². The number of hydrogen-bond donors (Lipinski definition) is 1. The molecule has 8 heteroatoms. The third-order valence-corrected chi connectivity index (χ3v) is 7.53. The molecule has 4 aliphatic carbocycles. The number of anilines is 1. The lowest BCUT2D eigenvalue weighted by Gasteiger charge is -2.60. The number of benzene rings is 1. The van der Waals surface area contributed by atoms with Gasteiger partial charge in [-0.15, -0.1) is 5.10 Å². The van der Waals surface area contributed by atoms with Gasteiger partial charge < -0.3 is 10.1 Å². The Morgan fingerprint density at radius 3 is 2.68 bits per heavy atom. The van der Waals surface area contributed by atoms with Gasteiger partial charge >= 0.3 is 0 Å². The number of methoxy groups -OCH3 is 1. The predicted octanol–water partition coefficient (Wildman–Crippen LogP) is 4.64. The van der Waals surface area contributed by atoms with Gasteiger partial charge in [0.15, 0.2) is 0 Å². The van der Waals surface area contributed by atoms with Crippen molar-refractivity contribution in [1.29, 1.82) is 0 Å². The molecule has 0 radical (unpaired) electrons. The Morgan fingerprint density at radius 2 is 2.07 bits per heavy atom. The molecule has 4 saturated carbocycles. The van der Waals surface area contributed by atoms with Crippen LogP contribution in [0.25, 0.3) is 0 Å². The van der Waals surface area contributed by atoms with Crippen LogP contribution in [0.1, 0.15) is 38.5 Å². The summed E-state index contributed by atoms with van der Waals surface area (Å²) < 4.78 is 7.83. The Kier molecular flexibility index (Phi) is 4.25. The lowest BCUT2D eigenvalue weighted by atomic mass is 9.46. The average molecular weight is 466 g/mol. The SMILES string of the molecule is COc1ccc(NC(=O)C23C[C@H]4C[C@@H](C2)CC(n2cnc(Br)n2)(C4)C3)cc1Cl. The third-order valence-electron chi connectivity index (χ3n) is 6.87. The second kappa shape index (κ2) is 6.46. The number of halogens is 2. The normalized spacial score (nSPS) is 33.1. The van der Waals surface area contributed by atoms with E-state index < -0.39 is 0 Å². The van der Waals surface area contributed by atoms with E-state index in [1.165, 1.54) is 6.42 Å². The standard InChI is InChI=1S/C20H22BrClN4O2/c1-28-16-3-2-14(5-15(16)22)24-17(27)19-6-12-4-13(7-19)9-20(8-12,10-19)26-11-23-18(21)25-26/h2-3,5,11-13H,4,6-10H2,1H3,(H,24,27)/t12-,13+,19?,20?. The van der Waals surface area contributed by atoms with Crippen molar-refractivity contribution in [2.75, 3.05) is 12.4 Å². The lowest BCUT2D eigenvalue weighted by molar-refractivity contribution is -0.150. The molecule has 0 saturated heterocycles. The fourth-order valence-electron chi connectivity index (χ4n) is 6.23. The number of nitrogens with one attached hydrogen (secondary N) is 1. The van der Waals surface area contributed by atoms with Gasteiger partial charge in [-0.2, -0.15) is 0 Å². The van der Waals surface area contributed by atoms with Crippen LogP contribution >= 0.6 is 27.5 Å². The number of aromatic nitrogens is 3. The molecule has 148 valence electrons. The molecule has 1 aromatic carbocycles. The van der Waals surface area contributed by atoms with E-state index in [-0.39, 0.29) is 16.9 Å². The largest absolute Gasteiger partial charge is 0.495 e. The number of rotatable bonds is 4. The van der Waals surface area contributed by atoms with E-state index in [1.54, 1.807) is 19.2 Å². The molecule has 1 aromatic heterocycles. The number of hydrogen-bond acceptors (Lipinski definition) is 4. The van der Waals surface area contributed by atoms with Crippen LogP contribution < -0.4 is 10.1 Å².